The van der Waals surface area contributed by atoms with E-state index in [9.17, 15) is 9.90 Å². The standard InChI is InChI=1S/C14H22N2O4S/c1-4-20-13(17)11-9(15)10(19-3)12(21-11)16-7-5-14(2,18)6-8-16/h18H,4-8,15H2,1-3H3. The summed E-state index contributed by atoms with van der Waals surface area (Å²) >= 11 is 1.29. The van der Waals surface area contributed by atoms with Crippen LogP contribution in [0, 0.1) is 0 Å². The lowest BCUT2D eigenvalue weighted by Gasteiger charge is -2.36. The number of nitrogens with zero attached hydrogens (tertiary/aromatic N) is 1. The predicted molar refractivity (Wildman–Crippen MR) is 83.3 cm³/mol. The normalized spacial score (nSPS) is 17.6. The van der Waals surface area contributed by atoms with Crippen molar-refractivity contribution in [2.24, 2.45) is 0 Å². The van der Waals surface area contributed by atoms with Gasteiger partial charge in [-0.2, -0.15) is 0 Å². The summed E-state index contributed by atoms with van der Waals surface area (Å²) in [5.74, 6) is 0.0955. The number of hydrogen-bond acceptors (Lipinski definition) is 7. The van der Waals surface area contributed by atoms with Gasteiger partial charge in [0.15, 0.2) is 5.75 Å². The fraction of sp³-hybridized carbons (Fsp3) is 0.643. The van der Waals surface area contributed by atoms with Crippen LogP contribution in [-0.2, 0) is 4.74 Å². The molecule has 1 aliphatic heterocycles. The second kappa shape index (κ2) is 6.11. The highest BCUT2D eigenvalue weighted by atomic mass is 32.1. The zero-order valence-corrected chi connectivity index (χ0v) is 13.5. The SMILES string of the molecule is CCOC(=O)c1sc(N2CCC(C)(O)CC2)c(OC)c1N. The number of carbonyl (C=O) groups is 1. The molecule has 0 spiro atoms. The lowest BCUT2D eigenvalue weighted by atomic mass is 9.94. The van der Waals surface area contributed by atoms with Crippen molar-refractivity contribution in [1.29, 1.82) is 0 Å². The molecule has 2 heterocycles. The molecule has 7 heteroatoms. The summed E-state index contributed by atoms with van der Waals surface area (Å²) in [5, 5.41) is 10.9. The van der Waals surface area contributed by atoms with E-state index >= 15 is 0 Å². The van der Waals surface area contributed by atoms with Crippen molar-refractivity contribution in [1.82, 2.24) is 0 Å². The van der Waals surface area contributed by atoms with Gasteiger partial charge in [0.1, 0.15) is 15.6 Å². The monoisotopic (exact) mass is 314 g/mol. The van der Waals surface area contributed by atoms with Gasteiger partial charge in [0.2, 0.25) is 0 Å². The smallest absolute Gasteiger partial charge is 0.350 e. The lowest BCUT2D eigenvalue weighted by Crippen LogP contribution is -2.42. The Morgan fingerprint density at radius 3 is 2.62 bits per heavy atom. The molecule has 6 nitrogen and oxygen atoms in total. The van der Waals surface area contributed by atoms with E-state index in [0.29, 0.717) is 48.9 Å². The highest BCUT2D eigenvalue weighted by Gasteiger charge is 2.32. The Balaban J connectivity index is 2.27. The number of rotatable bonds is 4. The number of nitrogen functional groups attached to an aromatic ring is 1. The molecular formula is C14H22N2O4S. The highest BCUT2D eigenvalue weighted by molar-refractivity contribution is 7.19. The molecule has 0 bridgehead atoms. The number of methoxy groups -OCH3 is 1. The van der Waals surface area contributed by atoms with Crippen LogP contribution in [0.1, 0.15) is 36.4 Å². The summed E-state index contributed by atoms with van der Waals surface area (Å²) in [6, 6.07) is 0. The molecule has 1 saturated heterocycles. The maximum absolute atomic E-state index is 11.9. The molecule has 1 aromatic heterocycles. The Hall–Kier alpha value is -1.47. The average Bonchev–Trinajstić information content (AvgIpc) is 2.76. The van der Waals surface area contributed by atoms with Crippen LogP contribution < -0.4 is 15.4 Å². The molecule has 2 rings (SSSR count). The zero-order chi connectivity index (χ0) is 15.6. The number of ether oxygens (including phenoxy) is 2. The maximum Gasteiger partial charge on any atom is 0.350 e. The van der Waals surface area contributed by atoms with Crippen LogP contribution in [0.15, 0.2) is 0 Å². The van der Waals surface area contributed by atoms with E-state index in [1.54, 1.807) is 6.92 Å². The molecule has 21 heavy (non-hydrogen) atoms. The Morgan fingerprint density at radius 2 is 2.10 bits per heavy atom. The second-order valence-corrected chi connectivity index (χ2v) is 6.39. The molecular weight excluding hydrogens is 292 g/mol. The molecule has 0 atom stereocenters. The third-order valence-corrected chi connectivity index (χ3v) is 4.90. The van der Waals surface area contributed by atoms with Crippen LogP contribution in [0.2, 0.25) is 0 Å². The number of aliphatic hydroxyl groups is 1. The van der Waals surface area contributed by atoms with Crippen molar-refractivity contribution in [2.45, 2.75) is 32.3 Å². The molecule has 0 aromatic carbocycles. The molecule has 0 saturated carbocycles. The summed E-state index contributed by atoms with van der Waals surface area (Å²) in [7, 11) is 1.54. The largest absolute Gasteiger partial charge is 0.492 e. The second-order valence-electron chi connectivity index (χ2n) is 5.39. The van der Waals surface area contributed by atoms with Gasteiger partial charge in [-0.25, -0.2) is 4.79 Å². The predicted octanol–water partition coefficient (Wildman–Crippen LogP) is 1.87. The molecule has 1 aliphatic rings. The molecule has 0 amide bonds. The topological polar surface area (TPSA) is 85.0 Å². The fourth-order valence-corrected chi connectivity index (χ4v) is 3.50. The van der Waals surface area contributed by atoms with Crippen LogP contribution in [-0.4, -0.2) is 43.5 Å². The van der Waals surface area contributed by atoms with Gasteiger partial charge in [-0.1, -0.05) is 0 Å². The Kier molecular flexibility index (Phi) is 4.63. The van der Waals surface area contributed by atoms with E-state index < -0.39 is 11.6 Å². The number of nitrogens with two attached hydrogens (primary N) is 1. The number of thiophene rings is 1. The van der Waals surface area contributed by atoms with Crippen molar-refractivity contribution in [2.75, 3.05) is 37.4 Å². The minimum atomic E-state index is -0.628. The van der Waals surface area contributed by atoms with Gasteiger partial charge in [-0.15, -0.1) is 11.3 Å². The summed E-state index contributed by atoms with van der Waals surface area (Å²) in [6.45, 7) is 5.30. The lowest BCUT2D eigenvalue weighted by molar-refractivity contribution is 0.0351. The number of anilines is 2. The van der Waals surface area contributed by atoms with Gasteiger partial charge in [0.25, 0.3) is 0 Å². The fourth-order valence-electron chi connectivity index (χ4n) is 2.36. The average molecular weight is 314 g/mol. The molecule has 118 valence electrons. The van der Waals surface area contributed by atoms with E-state index in [-0.39, 0.29) is 0 Å². The first-order valence-electron chi connectivity index (χ1n) is 7.00. The van der Waals surface area contributed by atoms with Crippen LogP contribution >= 0.6 is 11.3 Å². The molecule has 0 aliphatic carbocycles. The summed E-state index contributed by atoms with van der Waals surface area (Å²) in [6.07, 6.45) is 1.34. The zero-order valence-electron chi connectivity index (χ0n) is 12.6. The number of carbonyl (C=O) groups excluding carboxylic acids is 1. The summed E-state index contributed by atoms with van der Waals surface area (Å²) < 4.78 is 10.4. The van der Waals surface area contributed by atoms with Crippen LogP contribution in [0.3, 0.4) is 0 Å². The van der Waals surface area contributed by atoms with Crippen molar-refractivity contribution >= 4 is 28.0 Å². The van der Waals surface area contributed by atoms with E-state index in [0.717, 1.165) is 5.00 Å². The van der Waals surface area contributed by atoms with E-state index in [2.05, 4.69) is 4.90 Å². The van der Waals surface area contributed by atoms with Gasteiger partial charge in [-0.05, 0) is 26.7 Å². The highest BCUT2D eigenvalue weighted by Crippen LogP contribution is 2.46. The molecule has 0 radical (unpaired) electrons. The first-order chi connectivity index (χ1) is 9.89. The van der Waals surface area contributed by atoms with Crippen LogP contribution in [0.4, 0.5) is 10.7 Å². The quantitative estimate of drug-likeness (QED) is 0.825. The van der Waals surface area contributed by atoms with Crippen LogP contribution in [0.25, 0.3) is 0 Å². The molecule has 0 unspecified atom stereocenters. The molecule has 3 N–H and O–H groups in total. The third kappa shape index (κ3) is 3.24. The number of hydrogen-bond donors (Lipinski definition) is 2. The van der Waals surface area contributed by atoms with E-state index in [1.807, 2.05) is 6.92 Å². The Labute approximate surface area is 128 Å². The molecule has 1 aromatic rings. The van der Waals surface area contributed by atoms with Crippen LogP contribution in [0.5, 0.6) is 5.75 Å². The van der Waals surface area contributed by atoms with Crippen molar-refractivity contribution in [3.63, 3.8) is 0 Å². The first kappa shape index (κ1) is 15.9. The third-order valence-electron chi connectivity index (χ3n) is 3.67. The van der Waals surface area contributed by atoms with Gasteiger partial charge >= 0.3 is 5.97 Å². The minimum absolute atomic E-state index is 0.306. The minimum Gasteiger partial charge on any atom is -0.492 e. The van der Waals surface area contributed by atoms with Crippen molar-refractivity contribution in [3.8, 4) is 5.75 Å². The van der Waals surface area contributed by atoms with Gasteiger partial charge in [0, 0.05) is 13.1 Å². The Morgan fingerprint density at radius 1 is 1.48 bits per heavy atom. The van der Waals surface area contributed by atoms with E-state index in [4.69, 9.17) is 15.2 Å². The Bertz CT molecular complexity index is 517. The van der Waals surface area contributed by atoms with Gasteiger partial charge in [0.05, 0.1) is 19.3 Å². The maximum atomic E-state index is 11.9. The molecule has 1 fully saturated rings. The number of esters is 1. The summed E-state index contributed by atoms with van der Waals surface area (Å²) in [4.78, 5) is 14.4. The van der Waals surface area contributed by atoms with Crippen molar-refractivity contribution < 1.29 is 19.4 Å². The van der Waals surface area contributed by atoms with Crippen molar-refractivity contribution in [3.05, 3.63) is 4.88 Å². The summed E-state index contributed by atoms with van der Waals surface area (Å²) in [5.41, 5.74) is 5.71. The van der Waals surface area contributed by atoms with E-state index in [1.165, 1.54) is 18.4 Å². The first-order valence-corrected chi connectivity index (χ1v) is 7.82. The number of piperidine rings is 1. The van der Waals surface area contributed by atoms with Gasteiger partial charge < -0.3 is 25.2 Å². The van der Waals surface area contributed by atoms with Gasteiger partial charge in [-0.3, -0.25) is 0 Å².